The van der Waals surface area contributed by atoms with Gasteiger partial charge < -0.3 is 16.5 Å². The van der Waals surface area contributed by atoms with Crippen molar-refractivity contribution in [3.63, 3.8) is 0 Å². The van der Waals surface area contributed by atoms with E-state index in [1.165, 1.54) is 6.42 Å². The number of hydrogen-bond donors (Lipinski definition) is 3. The van der Waals surface area contributed by atoms with Gasteiger partial charge in [-0.05, 0) is 77.6 Å². The van der Waals surface area contributed by atoms with Gasteiger partial charge in [0.1, 0.15) is 0 Å². The van der Waals surface area contributed by atoms with Crippen LogP contribution in [-0.2, 0) is 0 Å². The summed E-state index contributed by atoms with van der Waals surface area (Å²) in [6.07, 6.45) is 7.02. The number of benzene rings is 2. The second kappa shape index (κ2) is 7.23. The van der Waals surface area contributed by atoms with Crippen LogP contribution < -0.4 is 26.9 Å². The SMILES string of the molecule is Cc1ccc(C(=O)NC2CCC2)cc1-c1ccc2c(c1)=CNC(N=NN)C=2. The molecule has 1 fully saturated rings. The predicted molar refractivity (Wildman–Crippen MR) is 106 cm³/mol. The van der Waals surface area contributed by atoms with E-state index in [1.54, 1.807) is 0 Å². The van der Waals surface area contributed by atoms with Crippen molar-refractivity contribution in [3.05, 3.63) is 58.0 Å². The van der Waals surface area contributed by atoms with E-state index in [9.17, 15) is 4.79 Å². The molecule has 0 saturated heterocycles. The summed E-state index contributed by atoms with van der Waals surface area (Å²) in [7, 11) is 0. The van der Waals surface area contributed by atoms with E-state index >= 15 is 0 Å². The first-order valence-electron chi connectivity index (χ1n) is 9.24. The average Bonchev–Trinajstić information content (AvgIpc) is 2.65. The number of nitrogens with zero attached hydrogens (tertiary/aromatic N) is 2. The van der Waals surface area contributed by atoms with Crippen LogP contribution >= 0.6 is 0 Å². The maximum Gasteiger partial charge on any atom is 0.251 e. The van der Waals surface area contributed by atoms with Gasteiger partial charge in [-0.3, -0.25) is 4.79 Å². The summed E-state index contributed by atoms with van der Waals surface area (Å²) in [5, 5.41) is 15.6. The van der Waals surface area contributed by atoms with Crippen LogP contribution in [0, 0.1) is 6.92 Å². The molecular weight excluding hydrogens is 338 g/mol. The molecule has 1 saturated carbocycles. The number of amides is 1. The van der Waals surface area contributed by atoms with E-state index in [0.717, 1.165) is 40.0 Å². The minimum absolute atomic E-state index is 0.00969. The number of carbonyl (C=O) groups excluding carboxylic acids is 1. The first-order valence-corrected chi connectivity index (χ1v) is 9.24. The first kappa shape index (κ1) is 17.3. The number of aryl methyl sites for hydroxylation is 1. The normalized spacial score (nSPS) is 18.6. The summed E-state index contributed by atoms with van der Waals surface area (Å²) >= 11 is 0. The number of nitrogens with two attached hydrogens (primary N) is 1. The van der Waals surface area contributed by atoms with Crippen molar-refractivity contribution in [2.45, 2.75) is 38.4 Å². The summed E-state index contributed by atoms with van der Waals surface area (Å²) in [6, 6.07) is 12.5. The van der Waals surface area contributed by atoms with Crippen LogP contribution in [0.3, 0.4) is 0 Å². The molecule has 1 heterocycles. The molecule has 6 nitrogen and oxygen atoms in total. The predicted octanol–water partition coefficient (Wildman–Crippen LogP) is 1.72. The maximum atomic E-state index is 12.5. The highest BCUT2D eigenvalue weighted by Crippen LogP contribution is 2.24. The van der Waals surface area contributed by atoms with Crippen molar-refractivity contribution in [1.29, 1.82) is 0 Å². The molecule has 2 aromatic carbocycles. The van der Waals surface area contributed by atoms with Gasteiger partial charge in [0.25, 0.3) is 5.91 Å². The van der Waals surface area contributed by atoms with E-state index in [2.05, 4.69) is 46.1 Å². The Bertz CT molecular complexity index is 1020. The topological polar surface area (TPSA) is 91.9 Å². The minimum Gasteiger partial charge on any atom is -0.365 e. The lowest BCUT2D eigenvalue weighted by atomic mass is 9.92. The summed E-state index contributed by atoms with van der Waals surface area (Å²) in [4.78, 5) is 12.5. The highest BCUT2D eigenvalue weighted by atomic mass is 16.1. The monoisotopic (exact) mass is 361 g/mol. The third-order valence-corrected chi connectivity index (χ3v) is 5.28. The summed E-state index contributed by atoms with van der Waals surface area (Å²) < 4.78 is 0. The molecule has 0 aromatic heterocycles. The maximum absolute atomic E-state index is 12.5. The Kier molecular flexibility index (Phi) is 4.62. The molecule has 0 bridgehead atoms. The summed E-state index contributed by atoms with van der Waals surface area (Å²) in [6.45, 7) is 2.06. The van der Waals surface area contributed by atoms with Crippen LogP contribution in [0.1, 0.15) is 35.2 Å². The molecule has 0 spiro atoms. The lowest BCUT2D eigenvalue weighted by Crippen LogP contribution is -2.39. The fourth-order valence-corrected chi connectivity index (χ4v) is 3.45. The summed E-state index contributed by atoms with van der Waals surface area (Å²) in [5.74, 6) is 5.14. The Labute approximate surface area is 157 Å². The molecule has 2 aliphatic rings. The van der Waals surface area contributed by atoms with Crippen molar-refractivity contribution in [2.75, 3.05) is 0 Å². The molecule has 1 aliphatic heterocycles. The van der Waals surface area contributed by atoms with E-state index in [0.29, 0.717) is 11.6 Å². The van der Waals surface area contributed by atoms with Gasteiger partial charge in [0.2, 0.25) is 0 Å². The zero-order valence-corrected chi connectivity index (χ0v) is 15.3. The molecule has 27 heavy (non-hydrogen) atoms. The molecule has 4 N–H and O–H groups in total. The fourth-order valence-electron chi connectivity index (χ4n) is 3.45. The molecular formula is C21H23N5O. The van der Waals surface area contributed by atoms with E-state index < -0.39 is 0 Å². The zero-order valence-electron chi connectivity index (χ0n) is 15.3. The van der Waals surface area contributed by atoms with Crippen molar-refractivity contribution in [2.24, 2.45) is 16.2 Å². The van der Waals surface area contributed by atoms with Crippen LogP contribution in [0.5, 0.6) is 0 Å². The van der Waals surface area contributed by atoms with Crippen molar-refractivity contribution >= 4 is 18.2 Å². The fraction of sp³-hybridized carbons (Fsp3) is 0.286. The number of fused-ring (bicyclic) bond motifs is 1. The summed E-state index contributed by atoms with van der Waals surface area (Å²) in [5.41, 5.74) is 3.99. The van der Waals surface area contributed by atoms with Gasteiger partial charge in [-0.25, -0.2) is 0 Å². The lowest BCUT2D eigenvalue weighted by molar-refractivity contribution is 0.0917. The van der Waals surface area contributed by atoms with Crippen molar-refractivity contribution < 1.29 is 4.79 Å². The lowest BCUT2D eigenvalue weighted by Gasteiger charge is -2.26. The zero-order chi connectivity index (χ0) is 18.8. The molecule has 1 unspecified atom stereocenters. The Morgan fingerprint density at radius 2 is 2.04 bits per heavy atom. The smallest absolute Gasteiger partial charge is 0.251 e. The molecule has 6 heteroatoms. The Hall–Kier alpha value is -3.15. The van der Waals surface area contributed by atoms with E-state index in [1.807, 2.05) is 30.5 Å². The second-order valence-electron chi connectivity index (χ2n) is 7.13. The molecule has 138 valence electrons. The third-order valence-electron chi connectivity index (χ3n) is 5.28. The highest BCUT2D eigenvalue weighted by Gasteiger charge is 2.20. The standard InChI is InChI=1S/C21H23N5O/c1-13-5-6-16(21(27)24-18-3-2-4-18)10-19(13)15-8-7-14-11-20(25-26-22)23-12-17(14)9-15/h5-12,18,20,23H,2-4H2,1H3,(H2,22,25)(H,24,27). The Morgan fingerprint density at radius 3 is 2.78 bits per heavy atom. The van der Waals surface area contributed by atoms with Crippen LogP contribution in [0.25, 0.3) is 23.4 Å². The van der Waals surface area contributed by atoms with E-state index in [-0.39, 0.29) is 12.1 Å². The largest absolute Gasteiger partial charge is 0.365 e. The second-order valence-corrected chi connectivity index (χ2v) is 7.13. The van der Waals surface area contributed by atoms with Crippen LogP contribution in [0.4, 0.5) is 0 Å². The number of nitrogens with one attached hydrogen (secondary N) is 2. The molecule has 1 atom stereocenters. The van der Waals surface area contributed by atoms with Gasteiger partial charge in [-0.15, -0.1) is 5.11 Å². The van der Waals surface area contributed by atoms with Crippen LogP contribution in [-0.4, -0.2) is 18.1 Å². The number of rotatable bonds is 4. The molecule has 0 radical (unpaired) electrons. The van der Waals surface area contributed by atoms with Crippen molar-refractivity contribution in [1.82, 2.24) is 10.6 Å². The van der Waals surface area contributed by atoms with Gasteiger partial charge in [-0.1, -0.05) is 23.4 Å². The van der Waals surface area contributed by atoms with Gasteiger partial charge in [0.15, 0.2) is 6.17 Å². The van der Waals surface area contributed by atoms with Crippen LogP contribution in [0.2, 0.25) is 0 Å². The van der Waals surface area contributed by atoms with Gasteiger partial charge in [0, 0.05) is 17.8 Å². The minimum atomic E-state index is -0.242. The van der Waals surface area contributed by atoms with Gasteiger partial charge in [-0.2, -0.15) is 0 Å². The van der Waals surface area contributed by atoms with Crippen LogP contribution in [0.15, 0.2) is 46.7 Å². The molecule has 1 amide bonds. The first-order chi connectivity index (χ1) is 13.1. The molecule has 1 aliphatic carbocycles. The van der Waals surface area contributed by atoms with Gasteiger partial charge >= 0.3 is 0 Å². The molecule has 4 rings (SSSR count). The number of hydrogen-bond acceptors (Lipinski definition) is 4. The highest BCUT2D eigenvalue weighted by molar-refractivity contribution is 5.96. The average molecular weight is 361 g/mol. The van der Waals surface area contributed by atoms with Crippen molar-refractivity contribution in [3.8, 4) is 11.1 Å². The molecule has 2 aromatic rings. The third kappa shape index (κ3) is 3.56. The Balaban J connectivity index is 1.66. The van der Waals surface area contributed by atoms with Gasteiger partial charge in [0.05, 0.1) is 0 Å². The van der Waals surface area contributed by atoms with E-state index in [4.69, 9.17) is 5.84 Å². The Morgan fingerprint density at radius 1 is 1.19 bits per heavy atom. The quantitative estimate of drug-likeness (QED) is 0.440. The number of carbonyl (C=O) groups is 1.